The predicted octanol–water partition coefficient (Wildman–Crippen LogP) is 1.70. The fourth-order valence-corrected chi connectivity index (χ4v) is 1.80. The first-order valence-electron chi connectivity index (χ1n) is 6.70. The SMILES string of the molecule is CCNc1cc(NCC(C)(C)CCCO)nc(N)n1. The third-order valence-electron chi connectivity index (χ3n) is 2.86. The molecule has 0 aliphatic heterocycles. The molecule has 0 aromatic carbocycles. The summed E-state index contributed by atoms with van der Waals surface area (Å²) in [5, 5.41) is 15.3. The highest BCUT2D eigenvalue weighted by Crippen LogP contribution is 2.23. The molecule has 6 nitrogen and oxygen atoms in total. The maximum atomic E-state index is 8.88. The summed E-state index contributed by atoms with van der Waals surface area (Å²) in [5.41, 5.74) is 5.77. The second-order valence-corrected chi connectivity index (χ2v) is 5.37. The number of rotatable bonds is 8. The van der Waals surface area contributed by atoms with Crippen LogP contribution in [-0.4, -0.2) is 34.8 Å². The van der Waals surface area contributed by atoms with E-state index in [9.17, 15) is 0 Å². The second-order valence-electron chi connectivity index (χ2n) is 5.37. The minimum atomic E-state index is 0.0980. The number of nitrogens with zero attached hydrogens (tertiary/aromatic N) is 2. The Hall–Kier alpha value is -1.56. The zero-order valence-corrected chi connectivity index (χ0v) is 12.0. The van der Waals surface area contributed by atoms with Crippen LogP contribution in [0.3, 0.4) is 0 Å². The fourth-order valence-electron chi connectivity index (χ4n) is 1.80. The quantitative estimate of drug-likeness (QED) is 0.572. The van der Waals surface area contributed by atoms with E-state index in [1.165, 1.54) is 0 Å². The van der Waals surface area contributed by atoms with Gasteiger partial charge in [-0.3, -0.25) is 0 Å². The molecule has 1 aromatic rings. The molecule has 0 fully saturated rings. The lowest BCUT2D eigenvalue weighted by Gasteiger charge is -2.25. The Kier molecular flexibility index (Phi) is 5.82. The number of aliphatic hydroxyl groups is 1. The second kappa shape index (κ2) is 7.13. The summed E-state index contributed by atoms with van der Waals surface area (Å²) in [6, 6.07) is 1.85. The third-order valence-corrected chi connectivity index (χ3v) is 2.86. The zero-order chi connectivity index (χ0) is 14.3. The Morgan fingerprint density at radius 3 is 2.47 bits per heavy atom. The molecule has 0 saturated carbocycles. The van der Waals surface area contributed by atoms with Crippen LogP contribution >= 0.6 is 0 Å². The molecule has 0 atom stereocenters. The fraction of sp³-hybridized carbons (Fsp3) is 0.692. The summed E-state index contributed by atoms with van der Waals surface area (Å²) in [7, 11) is 0. The highest BCUT2D eigenvalue weighted by Gasteiger charge is 2.17. The maximum absolute atomic E-state index is 8.88. The Balaban J connectivity index is 2.61. The molecule has 1 rings (SSSR count). The van der Waals surface area contributed by atoms with Crippen LogP contribution in [0.25, 0.3) is 0 Å². The summed E-state index contributed by atoms with van der Waals surface area (Å²) in [6.45, 7) is 8.11. The van der Waals surface area contributed by atoms with Crippen LogP contribution in [0.15, 0.2) is 6.07 Å². The summed E-state index contributed by atoms with van der Waals surface area (Å²) in [5.74, 6) is 1.71. The molecule has 0 aliphatic rings. The normalized spacial score (nSPS) is 11.4. The summed E-state index contributed by atoms with van der Waals surface area (Å²) >= 11 is 0. The molecule has 0 radical (unpaired) electrons. The van der Waals surface area contributed by atoms with Crippen molar-refractivity contribution in [3.05, 3.63) is 6.07 Å². The number of nitrogens with one attached hydrogen (secondary N) is 2. The molecule has 19 heavy (non-hydrogen) atoms. The van der Waals surface area contributed by atoms with E-state index < -0.39 is 0 Å². The number of nitrogens with two attached hydrogens (primary N) is 1. The summed E-state index contributed by atoms with van der Waals surface area (Å²) in [4.78, 5) is 8.27. The standard InChI is InChI=1S/C13H25N5O/c1-4-15-10-8-11(18-12(14)17-10)16-9-13(2,3)6-5-7-19/h8,19H,4-7,9H2,1-3H3,(H4,14,15,16,17,18). The van der Waals surface area contributed by atoms with Crippen LogP contribution in [0.4, 0.5) is 17.6 Å². The van der Waals surface area contributed by atoms with Crippen molar-refractivity contribution in [3.63, 3.8) is 0 Å². The van der Waals surface area contributed by atoms with Crippen LogP contribution < -0.4 is 16.4 Å². The average Bonchev–Trinajstić information content (AvgIpc) is 2.34. The van der Waals surface area contributed by atoms with Crippen LogP contribution in [0.5, 0.6) is 0 Å². The Labute approximate surface area is 114 Å². The molecule has 0 spiro atoms. The maximum Gasteiger partial charge on any atom is 0.223 e. The number of aromatic nitrogens is 2. The highest BCUT2D eigenvalue weighted by molar-refractivity contribution is 5.50. The first kappa shape index (κ1) is 15.5. The molecule has 0 aliphatic carbocycles. The molecule has 108 valence electrons. The van der Waals surface area contributed by atoms with Crippen molar-refractivity contribution in [2.75, 3.05) is 36.1 Å². The van der Waals surface area contributed by atoms with Crippen LogP contribution in [0, 0.1) is 5.41 Å². The molecule has 0 unspecified atom stereocenters. The van der Waals surface area contributed by atoms with Crippen molar-refractivity contribution in [1.29, 1.82) is 0 Å². The third kappa shape index (κ3) is 5.74. The smallest absolute Gasteiger partial charge is 0.223 e. The van der Waals surface area contributed by atoms with E-state index in [0.29, 0.717) is 0 Å². The van der Waals surface area contributed by atoms with Gasteiger partial charge < -0.3 is 21.5 Å². The lowest BCUT2D eigenvalue weighted by atomic mass is 9.88. The van der Waals surface area contributed by atoms with E-state index in [0.717, 1.165) is 37.6 Å². The van der Waals surface area contributed by atoms with Gasteiger partial charge in [0.25, 0.3) is 0 Å². The van der Waals surface area contributed by atoms with E-state index in [-0.39, 0.29) is 18.0 Å². The van der Waals surface area contributed by atoms with Crippen molar-refractivity contribution in [2.24, 2.45) is 5.41 Å². The van der Waals surface area contributed by atoms with Gasteiger partial charge >= 0.3 is 0 Å². The molecule has 0 bridgehead atoms. The molecular weight excluding hydrogens is 242 g/mol. The Morgan fingerprint density at radius 2 is 1.89 bits per heavy atom. The number of hydrogen-bond acceptors (Lipinski definition) is 6. The average molecular weight is 267 g/mol. The van der Waals surface area contributed by atoms with Crippen LogP contribution in [0.2, 0.25) is 0 Å². The monoisotopic (exact) mass is 267 g/mol. The van der Waals surface area contributed by atoms with Gasteiger partial charge in [0.1, 0.15) is 11.6 Å². The molecule has 5 N–H and O–H groups in total. The van der Waals surface area contributed by atoms with E-state index in [2.05, 4.69) is 34.4 Å². The van der Waals surface area contributed by atoms with Crippen molar-refractivity contribution >= 4 is 17.6 Å². The first-order chi connectivity index (χ1) is 8.96. The first-order valence-corrected chi connectivity index (χ1v) is 6.70. The van der Waals surface area contributed by atoms with Gasteiger partial charge in [-0.15, -0.1) is 0 Å². The topological polar surface area (TPSA) is 96.1 Å². The molecule has 1 heterocycles. The van der Waals surface area contributed by atoms with E-state index in [1.54, 1.807) is 0 Å². The van der Waals surface area contributed by atoms with Crippen molar-refractivity contribution in [3.8, 4) is 0 Å². The van der Waals surface area contributed by atoms with E-state index in [1.807, 2.05) is 13.0 Å². The van der Waals surface area contributed by atoms with E-state index >= 15 is 0 Å². The zero-order valence-electron chi connectivity index (χ0n) is 12.0. The van der Waals surface area contributed by atoms with Gasteiger partial charge in [-0.1, -0.05) is 13.8 Å². The van der Waals surface area contributed by atoms with Gasteiger partial charge in [0.15, 0.2) is 0 Å². The largest absolute Gasteiger partial charge is 0.396 e. The summed E-state index contributed by atoms with van der Waals surface area (Å²) in [6.07, 6.45) is 1.76. The minimum absolute atomic E-state index is 0.0980. The Bertz CT molecular complexity index is 395. The predicted molar refractivity (Wildman–Crippen MR) is 79.2 cm³/mol. The van der Waals surface area contributed by atoms with Crippen molar-refractivity contribution < 1.29 is 5.11 Å². The van der Waals surface area contributed by atoms with Crippen LogP contribution in [0.1, 0.15) is 33.6 Å². The van der Waals surface area contributed by atoms with Gasteiger partial charge in [0, 0.05) is 25.8 Å². The lowest BCUT2D eigenvalue weighted by Crippen LogP contribution is -2.24. The number of aliphatic hydroxyl groups excluding tert-OH is 1. The minimum Gasteiger partial charge on any atom is -0.396 e. The van der Waals surface area contributed by atoms with Crippen molar-refractivity contribution in [2.45, 2.75) is 33.6 Å². The van der Waals surface area contributed by atoms with Gasteiger partial charge in [-0.25, -0.2) is 0 Å². The van der Waals surface area contributed by atoms with Gasteiger partial charge in [0.05, 0.1) is 0 Å². The van der Waals surface area contributed by atoms with Gasteiger partial charge in [0.2, 0.25) is 5.95 Å². The van der Waals surface area contributed by atoms with Gasteiger partial charge in [-0.2, -0.15) is 9.97 Å². The molecular formula is C13H25N5O. The molecule has 1 aromatic heterocycles. The Morgan fingerprint density at radius 1 is 1.26 bits per heavy atom. The van der Waals surface area contributed by atoms with Gasteiger partial charge in [-0.05, 0) is 25.2 Å². The number of nitrogen functional groups attached to an aromatic ring is 1. The molecule has 0 saturated heterocycles. The molecule has 6 heteroatoms. The van der Waals surface area contributed by atoms with Crippen LogP contribution in [-0.2, 0) is 0 Å². The lowest BCUT2D eigenvalue weighted by molar-refractivity contribution is 0.248. The van der Waals surface area contributed by atoms with E-state index in [4.69, 9.17) is 10.8 Å². The number of hydrogen-bond donors (Lipinski definition) is 4. The van der Waals surface area contributed by atoms with Crippen molar-refractivity contribution in [1.82, 2.24) is 9.97 Å². The number of anilines is 3. The highest BCUT2D eigenvalue weighted by atomic mass is 16.2. The summed E-state index contributed by atoms with van der Waals surface area (Å²) < 4.78 is 0. The molecule has 0 amide bonds.